The van der Waals surface area contributed by atoms with E-state index in [0.29, 0.717) is 20.3 Å². The summed E-state index contributed by atoms with van der Waals surface area (Å²) >= 11 is 12.8. The second-order valence-corrected chi connectivity index (χ2v) is 7.87. The van der Waals surface area contributed by atoms with Crippen LogP contribution in [-0.2, 0) is 11.3 Å². The summed E-state index contributed by atoms with van der Waals surface area (Å²) in [4.78, 5) is 14.0. The van der Waals surface area contributed by atoms with E-state index in [1.165, 1.54) is 11.8 Å². The minimum atomic E-state index is -3.17. The van der Waals surface area contributed by atoms with Gasteiger partial charge in [-0.25, -0.2) is 17.6 Å². The van der Waals surface area contributed by atoms with Crippen LogP contribution in [0.3, 0.4) is 0 Å². The van der Waals surface area contributed by atoms with E-state index in [1.807, 2.05) is 0 Å². The molecule has 1 heterocycles. The van der Waals surface area contributed by atoms with Crippen molar-refractivity contribution in [3.63, 3.8) is 0 Å². The van der Waals surface area contributed by atoms with Gasteiger partial charge < -0.3 is 5.32 Å². The predicted molar refractivity (Wildman–Crippen MR) is 108 cm³/mol. The molecule has 0 bridgehead atoms. The molecular formula is C19H13Cl2F4N3OS. The number of amides is 1. The first-order chi connectivity index (χ1) is 14.3. The van der Waals surface area contributed by atoms with Crippen molar-refractivity contribution >= 4 is 46.6 Å². The molecular weight excluding hydrogens is 465 g/mol. The molecule has 0 unspecified atom stereocenters. The summed E-state index contributed by atoms with van der Waals surface area (Å²) in [6.45, 7) is -0.702. The number of benzene rings is 2. The Labute approximate surface area is 183 Å². The number of rotatable bonds is 7. The fraction of sp³-hybridized carbons (Fsp3) is 0.158. The zero-order valence-electron chi connectivity index (χ0n) is 15.0. The van der Waals surface area contributed by atoms with Crippen molar-refractivity contribution in [2.75, 3.05) is 5.32 Å². The Morgan fingerprint density at radius 2 is 1.70 bits per heavy atom. The molecule has 1 aromatic heterocycles. The van der Waals surface area contributed by atoms with Crippen molar-refractivity contribution < 1.29 is 22.4 Å². The standard InChI is InChI=1S/C19H13Cl2F4N3OS/c20-10-5-7-11(8-6-10)30-13-4-2-1-3-12(13)26-14(29)9-28-17(19(24)25)15(21)16(27-28)18(22)23/h1-8,18-19H,9H2,(H,26,29). The maximum Gasteiger partial charge on any atom is 0.283 e. The Hall–Kier alpha value is -2.23. The number of halogens is 6. The van der Waals surface area contributed by atoms with E-state index >= 15 is 0 Å². The van der Waals surface area contributed by atoms with Gasteiger partial charge in [0.1, 0.15) is 17.9 Å². The van der Waals surface area contributed by atoms with Gasteiger partial charge in [0.05, 0.1) is 10.7 Å². The summed E-state index contributed by atoms with van der Waals surface area (Å²) in [5, 5.41) is 5.72. The van der Waals surface area contributed by atoms with Crippen molar-refractivity contribution in [2.24, 2.45) is 0 Å². The van der Waals surface area contributed by atoms with E-state index in [-0.39, 0.29) is 0 Å². The van der Waals surface area contributed by atoms with Crippen molar-refractivity contribution in [3.8, 4) is 0 Å². The Morgan fingerprint density at radius 1 is 1.03 bits per heavy atom. The molecule has 158 valence electrons. The van der Waals surface area contributed by atoms with Gasteiger partial charge in [-0.3, -0.25) is 9.48 Å². The maximum absolute atomic E-state index is 13.2. The van der Waals surface area contributed by atoms with Crippen LogP contribution in [0.25, 0.3) is 0 Å². The highest BCUT2D eigenvalue weighted by Gasteiger charge is 2.28. The zero-order chi connectivity index (χ0) is 21.8. The van der Waals surface area contributed by atoms with Crippen molar-refractivity contribution in [1.29, 1.82) is 0 Å². The first kappa shape index (κ1) is 22.5. The molecule has 0 aliphatic rings. The highest BCUT2D eigenvalue weighted by atomic mass is 35.5. The van der Waals surface area contributed by atoms with E-state index in [0.717, 1.165) is 4.90 Å². The second-order valence-electron chi connectivity index (χ2n) is 5.94. The van der Waals surface area contributed by atoms with E-state index in [9.17, 15) is 22.4 Å². The topological polar surface area (TPSA) is 46.9 Å². The summed E-state index contributed by atoms with van der Waals surface area (Å²) in [6, 6.07) is 13.9. The van der Waals surface area contributed by atoms with E-state index < -0.39 is 41.7 Å². The molecule has 0 saturated carbocycles. The first-order valence-electron chi connectivity index (χ1n) is 8.41. The SMILES string of the molecule is O=C(Cn1nc(C(F)F)c(Cl)c1C(F)F)Nc1ccccc1Sc1ccc(Cl)cc1. The molecule has 0 atom stereocenters. The van der Waals surface area contributed by atoms with Crippen LogP contribution in [0.1, 0.15) is 24.2 Å². The smallest absolute Gasteiger partial charge is 0.283 e. The lowest BCUT2D eigenvalue weighted by Gasteiger charge is -2.12. The summed E-state index contributed by atoms with van der Waals surface area (Å²) in [5.74, 6) is -0.721. The van der Waals surface area contributed by atoms with Gasteiger partial charge in [-0.1, -0.05) is 47.1 Å². The number of hydrogen-bond donors (Lipinski definition) is 1. The number of carbonyl (C=O) groups is 1. The molecule has 3 aromatic rings. The second kappa shape index (κ2) is 9.72. The highest BCUT2D eigenvalue weighted by molar-refractivity contribution is 7.99. The average Bonchev–Trinajstić information content (AvgIpc) is 3.01. The first-order valence-corrected chi connectivity index (χ1v) is 9.98. The third-order valence-electron chi connectivity index (χ3n) is 3.87. The van der Waals surface area contributed by atoms with Crippen LogP contribution in [0.4, 0.5) is 23.2 Å². The molecule has 2 aromatic carbocycles. The van der Waals surface area contributed by atoms with Crippen LogP contribution >= 0.6 is 35.0 Å². The van der Waals surface area contributed by atoms with Crippen LogP contribution in [0.5, 0.6) is 0 Å². The van der Waals surface area contributed by atoms with Gasteiger partial charge in [0, 0.05) is 14.8 Å². The number of aromatic nitrogens is 2. The Balaban J connectivity index is 1.79. The number of alkyl halides is 4. The predicted octanol–water partition coefficient (Wildman–Crippen LogP) is 6.86. The number of anilines is 1. The van der Waals surface area contributed by atoms with Gasteiger partial charge in [-0.05, 0) is 36.4 Å². The lowest BCUT2D eigenvalue weighted by Crippen LogP contribution is -2.21. The van der Waals surface area contributed by atoms with Crippen LogP contribution in [-0.4, -0.2) is 15.7 Å². The quantitative estimate of drug-likeness (QED) is 0.378. The summed E-state index contributed by atoms with van der Waals surface area (Å²) in [5.41, 5.74) is -1.49. The minimum Gasteiger partial charge on any atom is -0.323 e. The van der Waals surface area contributed by atoms with Crippen molar-refractivity contribution in [2.45, 2.75) is 29.2 Å². The molecule has 0 spiro atoms. The maximum atomic E-state index is 13.2. The molecule has 0 fully saturated rings. The van der Waals surface area contributed by atoms with Gasteiger partial charge in [-0.2, -0.15) is 5.10 Å². The lowest BCUT2D eigenvalue weighted by atomic mass is 10.3. The van der Waals surface area contributed by atoms with Crippen LogP contribution in [0.2, 0.25) is 10.0 Å². The number of carbonyl (C=O) groups excluding carboxylic acids is 1. The van der Waals surface area contributed by atoms with Crippen molar-refractivity contribution in [3.05, 3.63) is 70.0 Å². The molecule has 30 heavy (non-hydrogen) atoms. The molecule has 1 amide bonds. The molecule has 0 saturated heterocycles. The summed E-state index contributed by atoms with van der Waals surface area (Å²) in [6.07, 6.45) is -6.31. The van der Waals surface area contributed by atoms with Crippen molar-refractivity contribution in [1.82, 2.24) is 9.78 Å². The molecule has 11 heteroatoms. The normalized spacial score (nSPS) is 11.3. The zero-order valence-corrected chi connectivity index (χ0v) is 17.3. The summed E-state index contributed by atoms with van der Waals surface area (Å²) < 4.78 is 52.9. The Bertz CT molecular complexity index is 1040. The summed E-state index contributed by atoms with van der Waals surface area (Å²) in [7, 11) is 0. The highest BCUT2D eigenvalue weighted by Crippen LogP contribution is 2.36. The molecule has 3 rings (SSSR count). The molecule has 0 aliphatic carbocycles. The monoisotopic (exact) mass is 477 g/mol. The largest absolute Gasteiger partial charge is 0.323 e. The van der Waals surface area contributed by atoms with Gasteiger partial charge in [0.15, 0.2) is 0 Å². The molecule has 4 nitrogen and oxygen atoms in total. The molecule has 0 aliphatic heterocycles. The number of hydrogen-bond acceptors (Lipinski definition) is 3. The van der Waals surface area contributed by atoms with E-state index in [2.05, 4.69) is 10.4 Å². The third kappa shape index (κ3) is 5.27. The Kier molecular flexibility index (Phi) is 7.27. The number of nitrogens with zero attached hydrogens (tertiary/aromatic N) is 2. The van der Waals surface area contributed by atoms with Gasteiger partial charge in [0.25, 0.3) is 12.9 Å². The van der Waals surface area contributed by atoms with Gasteiger partial charge in [0.2, 0.25) is 5.91 Å². The van der Waals surface area contributed by atoms with Crippen LogP contribution in [0.15, 0.2) is 58.3 Å². The fourth-order valence-electron chi connectivity index (χ4n) is 2.56. The third-order valence-corrected chi connectivity index (χ3v) is 5.59. The number of para-hydroxylation sites is 1. The van der Waals surface area contributed by atoms with Gasteiger partial charge >= 0.3 is 0 Å². The van der Waals surface area contributed by atoms with Crippen LogP contribution in [0, 0.1) is 0 Å². The van der Waals surface area contributed by atoms with Gasteiger partial charge in [-0.15, -0.1) is 0 Å². The number of nitrogens with one attached hydrogen (secondary N) is 1. The van der Waals surface area contributed by atoms with Crippen LogP contribution < -0.4 is 5.32 Å². The Morgan fingerprint density at radius 3 is 2.33 bits per heavy atom. The van der Waals surface area contributed by atoms with E-state index in [4.69, 9.17) is 23.2 Å². The molecule has 0 radical (unpaired) electrons. The average molecular weight is 478 g/mol. The lowest BCUT2D eigenvalue weighted by molar-refractivity contribution is -0.117. The fourth-order valence-corrected chi connectivity index (χ4v) is 3.88. The van der Waals surface area contributed by atoms with E-state index in [1.54, 1.807) is 48.5 Å². The minimum absolute atomic E-state index is 0.424. The molecule has 1 N–H and O–H groups in total.